The number of thiol groups is 1. The van der Waals surface area contributed by atoms with Crippen LogP contribution in [0.3, 0.4) is 0 Å². The van der Waals surface area contributed by atoms with Gasteiger partial charge in [0.15, 0.2) is 0 Å². The Balaban J connectivity index is 1.83. The van der Waals surface area contributed by atoms with E-state index in [0.717, 1.165) is 23.5 Å². The number of hydrogen-bond acceptors (Lipinski definition) is 1. The first kappa shape index (κ1) is 5.93. The van der Waals surface area contributed by atoms with Crippen molar-refractivity contribution in [1.29, 1.82) is 0 Å². The van der Waals surface area contributed by atoms with Gasteiger partial charge in [0.1, 0.15) is 0 Å². The van der Waals surface area contributed by atoms with Gasteiger partial charge in [0.05, 0.1) is 0 Å². The fraction of sp³-hybridized carbons (Fsp3) is 1.00. The van der Waals surface area contributed by atoms with Gasteiger partial charge in [-0.25, -0.2) is 0 Å². The van der Waals surface area contributed by atoms with Gasteiger partial charge in [0.25, 0.3) is 0 Å². The Kier molecular flexibility index (Phi) is 1.03. The van der Waals surface area contributed by atoms with Crippen molar-refractivity contribution in [2.75, 3.05) is 5.75 Å². The molecule has 0 aromatic rings. The van der Waals surface area contributed by atoms with Crippen LogP contribution in [0.15, 0.2) is 0 Å². The largest absolute Gasteiger partial charge is 0.179 e. The lowest BCUT2D eigenvalue weighted by molar-refractivity contribution is -0.0465. The highest BCUT2D eigenvalue weighted by Gasteiger charge is 2.60. The summed E-state index contributed by atoms with van der Waals surface area (Å²) in [5.41, 5.74) is 0. The molecule has 3 rings (SSSR count). The van der Waals surface area contributed by atoms with Crippen molar-refractivity contribution in [1.82, 2.24) is 0 Å². The number of rotatable bonds is 1. The first-order chi connectivity index (χ1) is 4.90. The van der Waals surface area contributed by atoms with Crippen molar-refractivity contribution >= 4 is 12.6 Å². The molecule has 0 aromatic heterocycles. The standard InChI is InChI=1S/C9H14S/c10-4-7-2-5-1-6-3-8(7)9(5)6/h5-10H,1-4H2. The molecule has 56 valence electrons. The second kappa shape index (κ2) is 1.74. The molecular formula is C9H14S. The third kappa shape index (κ3) is 0.490. The molecule has 0 spiro atoms. The van der Waals surface area contributed by atoms with Gasteiger partial charge in [-0.15, -0.1) is 0 Å². The van der Waals surface area contributed by atoms with Crippen LogP contribution in [0.4, 0.5) is 0 Å². The van der Waals surface area contributed by atoms with Crippen molar-refractivity contribution < 1.29 is 0 Å². The van der Waals surface area contributed by atoms with E-state index in [2.05, 4.69) is 12.6 Å². The third-order valence-electron chi connectivity index (χ3n) is 4.21. The highest BCUT2D eigenvalue weighted by Crippen LogP contribution is 2.67. The smallest absolute Gasteiger partial charge is 0.00666 e. The first-order valence-corrected chi connectivity index (χ1v) is 5.14. The molecule has 3 saturated carbocycles. The summed E-state index contributed by atoms with van der Waals surface area (Å²) in [5.74, 6) is 6.82. The third-order valence-corrected chi connectivity index (χ3v) is 4.68. The van der Waals surface area contributed by atoms with Gasteiger partial charge in [-0.3, -0.25) is 0 Å². The van der Waals surface area contributed by atoms with Crippen molar-refractivity contribution in [3.8, 4) is 0 Å². The van der Waals surface area contributed by atoms with Crippen LogP contribution in [0.5, 0.6) is 0 Å². The van der Waals surface area contributed by atoms with Gasteiger partial charge in [0, 0.05) is 0 Å². The van der Waals surface area contributed by atoms with Gasteiger partial charge < -0.3 is 0 Å². The fourth-order valence-electron chi connectivity index (χ4n) is 3.69. The van der Waals surface area contributed by atoms with Crippen LogP contribution in [0.1, 0.15) is 19.3 Å². The molecule has 10 heavy (non-hydrogen) atoms. The minimum absolute atomic E-state index is 1.01. The molecular weight excluding hydrogens is 140 g/mol. The van der Waals surface area contributed by atoms with Crippen LogP contribution >= 0.6 is 12.6 Å². The highest BCUT2D eigenvalue weighted by atomic mass is 32.1. The predicted octanol–water partition coefficient (Wildman–Crippen LogP) is 2.21. The lowest BCUT2D eigenvalue weighted by Crippen LogP contribution is -2.47. The molecule has 0 bridgehead atoms. The second-order valence-corrected chi connectivity index (χ2v) is 4.78. The van der Waals surface area contributed by atoms with Gasteiger partial charge in [-0.1, -0.05) is 0 Å². The Bertz CT molecular complexity index is 166. The molecule has 3 fully saturated rings. The van der Waals surface area contributed by atoms with Crippen molar-refractivity contribution in [2.24, 2.45) is 29.6 Å². The van der Waals surface area contributed by atoms with Crippen molar-refractivity contribution in [3.63, 3.8) is 0 Å². The van der Waals surface area contributed by atoms with E-state index in [1.165, 1.54) is 18.3 Å². The minimum Gasteiger partial charge on any atom is -0.179 e. The maximum absolute atomic E-state index is 4.41. The molecule has 3 aliphatic rings. The van der Waals surface area contributed by atoms with Gasteiger partial charge in [0.2, 0.25) is 0 Å². The molecule has 0 radical (unpaired) electrons. The first-order valence-electron chi connectivity index (χ1n) is 4.51. The maximum atomic E-state index is 4.41. The average molecular weight is 154 g/mol. The molecule has 5 atom stereocenters. The van der Waals surface area contributed by atoms with Gasteiger partial charge in [-0.05, 0) is 54.6 Å². The minimum atomic E-state index is 1.01. The van der Waals surface area contributed by atoms with Crippen LogP contribution in [0, 0.1) is 29.6 Å². The number of hydrogen-bond donors (Lipinski definition) is 1. The van der Waals surface area contributed by atoms with Crippen LogP contribution < -0.4 is 0 Å². The molecule has 0 nitrogen and oxygen atoms in total. The van der Waals surface area contributed by atoms with Gasteiger partial charge in [-0.2, -0.15) is 12.6 Å². The summed E-state index contributed by atoms with van der Waals surface area (Å²) in [7, 11) is 0. The summed E-state index contributed by atoms with van der Waals surface area (Å²) < 4.78 is 0. The summed E-state index contributed by atoms with van der Waals surface area (Å²) in [6.45, 7) is 0. The van der Waals surface area contributed by atoms with E-state index >= 15 is 0 Å². The summed E-state index contributed by atoms with van der Waals surface area (Å²) in [6, 6.07) is 0. The Morgan fingerprint density at radius 1 is 1.10 bits per heavy atom. The lowest BCUT2D eigenvalue weighted by Gasteiger charge is -2.54. The zero-order chi connectivity index (χ0) is 6.72. The van der Waals surface area contributed by atoms with Crippen LogP contribution in [-0.4, -0.2) is 5.75 Å². The quantitative estimate of drug-likeness (QED) is 0.550. The molecule has 1 heteroatoms. The van der Waals surface area contributed by atoms with Gasteiger partial charge >= 0.3 is 0 Å². The molecule has 3 aliphatic carbocycles. The SMILES string of the molecule is SCC1CC2CC3CC1C23. The predicted molar refractivity (Wildman–Crippen MR) is 45.2 cm³/mol. The maximum Gasteiger partial charge on any atom is -0.00666 e. The molecule has 0 amide bonds. The summed E-state index contributed by atoms with van der Waals surface area (Å²) in [4.78, 5) is 0. The van der Waals surface area contributed by atoms with E-state index in [1.807, 2.05) is 0 Å². The molecule has 5 unspecified atom stereocenters. The summed E-state index contributed by atoms with van der Waals surface area (Å²) >= 11 is 4.41. The van der Waals surface area contributed by atoms with E-state index in [1.54, 1.807) is 12.8 Å². The highest BCUT2D eigenvalue weighted by molar-refractivity contribution is 7.80. The molecule has 0 N–H and O–H groups in total. The normalized spacial score (nSPS) is 62.7. The van der Waals surface area contributed by atoms with E-state index < -0.39 is 0 Å². The second-order valence-electron chi connectivity index (χ2n) is 4.41. The van der Waals surface area contributed by atoms with Crippen LogP contribution in [0.25, 0.3) is 0 Å². The van der Waals surface area contributed by atoms with E-state index in [9.17, 15) is 0 Å². The zero-order valence-corrected chi connectivity index (χ0v) is 7.06. The lowest BCUT2D eigenvalue weighted by atomic mass is 9.51. The van der Waals surface area contributed by atoms with Crippen molar-refractivity contribution in [2.45, 2.75) is 19.3 Å². The topological polar surface area (TPSA) is 0 Å². The Morgan fingerprint density at radius 3 is 2.50 bits per heavy atom. The van der Waals surface area contributed by atoms with Crippen LogP contribution in [0.2, 0.25) is 0 Å². The monoisotopic (exact) mass is 154 g/mol. The fourth-order valence-corrected chi connectivity index (χ4v) is 4.11. The van der Waals surface area contributed by atoms with Crippen LogP contribution in [-0.2, 0) is 0 Å². The summed E-state index contributed by atoms with van der Waals surface area (Å²) in [6.07, 6.45) is 4.66. The molecule has 0 saturated heterocycles. The Morgan fingerprint density at radius 2 is 1.90 bits per heavy atom. The average Bonchev–Trinajstić information content (AvgIpc) is 2.06. The summed E-state index contributed by atoms with van der Waals surface area (Å²) in [5, 5.41) is 0. The van der Waals surface area contributed by atoms with E-state index in [-0.39, 0.29) is 0 Å². The Hall–Kier alpha value is 0.350. The molecule has 0 aromatic carbocycles. The van der Waals surface area contributed by atoms with Crippen molar-refractivity contribution in [3.05, 3.63) is 0 Å². The Labute approximate surface area is 67.8 Å². The van der Waals surface area contributed by atoms with E-state index in [0.29, 0.717) is 0 Å². The van der Waals surface area contributed by atoms with E-state index in [4.69, 9.17) is 0 Å². The molecule has 0 aliphatic heterocycles. The zero-order valence-electron chi connectivity index (χ0n) is 6.16. The molecule has 0 heterocycles.